The highest BCUT2D eigenvalue weighted by Crippen LogP contribution is 2.36. The molecule has 1 fully saturated rings. The van der Waals surface area contributed by atoms with Crippen LogP contribution in [0.25, 0.3) is 0 Å². The first kappa shape index (κ1) is 17.1. The predicted octanol–water partition coefficient (Wildman–Crippen LogP) is 5.72. The van der Waals surface area contributed by atoms with Crippen LogP contribution in [0.5, 0.6) is 0 Å². The van der Waals surface area contributed by atoms with Gasteiger partial charge in [0.15, 0.2) is 0 Å². The molecular weight excluding hydrogens is 272 g/mol. The number of benzene rings is 1. The number of hydrogen-bond acceptors (Lipinski definition) is 2. The first-order valence-corrected chi connectivity index (χ1v) is 9.01. The van der Waals surface area contributed by atoms with E-state index in [9.17, 15) is 4.79 Å². The van der Waals surface area contributed by atoms with Crippen molar-refractivity contribution < 1.29 is 9.53 Å². The Kier molecular flexibility index (Phi) is 6.95. The lowest BCUT2D eigenvalue weighted by atomic mass is 9.78. The van der Waals surface area contributed by atoms with Gasteiger partial charge in [0.2, 0.25) is 0 Å². The molecule has 2 rings (SSSR count). The second-order valence-corrected chi connectivity index (χ2v) is 6.59. The lowest BCUT2D eigenvalue weighted by Gasteiger charge is -2.28. The summed E-state index contributed by atoms with van der Waals surface area (Å²) in [5.74, 6) is 1.42. The van der Waals surface area contributed by atoms with Gasteiger partial charge in [-0.1, -0.05) is 45.2 Å². The second-order valence-electron chi connectivity index (χ2n) is 6.59. The van der Waals surface area contributed by atoms with Crippen LogP contribution in [0.2, 0.25) is 0 Å². The van der Waals surface area contributed by atoms with Crippen LogP contribution in [0, 0.1) is 5.92 Å². The molecule has 0 aromatic heterocycles. The summed E-state index contributed by atoms with van der Waals surface area (Å²) in [7, 11) is 0. The molecule has 0 spiro atoms. The van der Waals surface area contributed by atoms with Gasteiger partial charge >= 0.3 is 5.97 Å². The molecule has 2 nitrogen and oxygen atoms in total. The van der Waals surface area contributed by atoms with E-state index >= 15 is 0 Å². The van der Waals surface area contributed by atoms with Crippen LogP contribution in [0.1, 0.15) is 87.1 Å². The van der Waals surface area contributed by atoms with Crippen LogP contribution in [-0.4, -0.2) is 12.6 Å². The van der Waals surface area contributed by atoms with Crippen molar-refractivity contribution in [2.45, 2.75) is 71.1 Å². The Morgan fingerprint density at radius 1 is 1.05 bits per heavy atom. The van der Waals surface area contributed by atoms with Crippen molar-refractivity contribution in [2.24, 2.45) is 5.92 Å². The molecule has 1 aliphatic carbocycles. The van der Waals surface area contributed by atoms with Gasteiger partial charge in [0.25, 0.3) is 0 Å². The van der Waals surface area contributed by atoms with Crippen LogP contribution < -0.4 is 0 Å². The fraction of sp³-hybridized carbons (Fsp3) is 0.650. The zero-order valence-electron chi connectivity index (χ0n) is 14.1. The molecule has 1 saturated carbocycles. The number of carbonyl (C=O) groups is 1. The summed E-state index contributed by atoms with van der Waals surface area (Å²) in [5.41, 5.74) is 2.07. The number of rotatable bonds is 7. The van der Waals surface area contributed by atoms with Gasteiger partial charge in [0, 0.05) is 0 Å². The summed E-state index contributed by atoms with van der Waals surface area (Å²) in [6.07, 6.45) is 9.82. The summed E-state index contributed by atoms with van der Waals surface area (Å²) in [5, 5.41) is 0. The van der Waals surface area contributed by atoms with Gasteiger partial charge in [0.1, 0.15) is 0 Å². The molecule has 0 amide bonds. The van der Waals surface area contributed by atoms with E-state index in [0.717, 1.165) is 25.2 Å². The van der Waals surface area contributed by atoms with Gasteiger partial charge in [-0.05, 0) is 61.6 Å². The Bertz CT molecular complexity index is 441. The first-order chi connectivity index (χ1) is 10.7. The molecule has 0 aliphatic heterocycles. The summed E-state index contributed by atoms with van der Waals surface area (Å²) >= 11 is 0. The maximum absolute atomic E-state index is 12.0. The van der Waals surface area contributed by atoms with Gasteiger partial charge in [-0.15, -0.1) is 0 Å². The third-order valence-corrected chi connectivity index (χ3v) is 5.02. The fourth-order valence-electron chi connectivity index (χ4n) is 3.40. The Morgan fingerprint density at radius 2 is 1.73 bits per heavy atom. The molecule has 0 N–H and O–H groups in total. The van der Waals surface area contributed by atoms with Crippen molar-refractivity contribution in [3.63, 3.8) is 0 Å². The maximum atomic E-state index is 12.0. The largest absolute Gasteiger partial charge is 0.462 e. The zero-order chi connectivity index (χ0) is 15.8. The van der Waals surface area contributed by atoms with Crippen molar-refractivity contribution in [3.05, 3.63) is 35.4 Å². The lowest BCUT2D eigenvalue weighted by molar-refractivity contribution is 0.0498. The molecule has 122 valence electrons. The van der Waals surface area contributed by atoms with E-state index in [0.29, 0.717) is 18.1 Å². The van der Waals surface area contributed by atoms with E-state index in [-0.39, 0.29) is 5.97 Å². The zero-order valence-corrected chi connectivity index (χ0v) is 14.1. The minimum atomic E-state index is -0.183. The number of carbonyl (C=O) groups excluding carboxylic acids is 1. The summed E-state index contributed by atoms with van der Waals surface area (Å²) in [4.78, 5) is 12.0. The third kappa shape index (κ3) is 4.86. The third-order valence-electron chi connectivity index (χ3n) is 5.02. The topological polar surface area (TPSA) is 26.3 Å². The molecule has 0 bridgehead atoms. The SMILES string of the molecule is CCCCCOC(=O)c1ccc([C@H]2CC[C@H](CC)CC2)cc1. The van der Waals surface area contributed by atoms with Gasteiger partial charge in [-0.3, -0.25) is 0 Å². The Balaban J connectivity index is 1.83. The molecule has 0 heterocycles. The van der Waals surface area contributed by atoms with Crippen LogP contribution >= 0.6 is 0 Å². The molecule has 0 saturated heterocycles. The number of esters is 1. The second kappa shape index (κ2) is 8.97. The molecular formula is C20H30O2. The summed E-state index contributed by atoms with van der Waals surface area (Å²) < 4.78 is 5.31. The molecule has 1 aromatic rings. The van der Waals surface area contributed by atoms with Gasteiger partial charge in [0.05, 0.1) is 12.2 Å². The average molecular weight is 302 g/mol. The molecule has 0 atom stereocenters. The monoisotopic (exact) mass is 302 g/mol. The van der Waals surface area contributed by atoms with Crippen LogP contribution in [0.15, 0.2) is 24.3 Å². The van der Waals surface area contributed by atoms with Gasteiger partial charge in [-0.25, -0.2) is 4.79 Å². The number of unbranched alkanes of at least 4 members (excludes halogenated alkanes) is 2. The van der Waals surface area contributed by atoms with E-state index < -0.39 is 0 Å². The quantitative estimate of drug-likeness (QED) is 0.476. The van der Waals surface area contributed by atoms with Gasteiger partial charge in [-0.2, -0.15) is 0 Å². The minimum absolute atomic E-state index is 0.183. The Morgan fingerprint density at radius 3 is 2.32 bits per heavy atom. The standard InChI is InChI=1S/C20H30O2/c1-3-5-6-15-22-20(21)19-13-11-18(12-14-19)17-9-7-16(4-2)8-10-17/h11-14,16-17H,3-10,15H2,1-2H3/t16-,17-. The molecule has 1 aliphatic rings. The highest BCUT2D eigenvalue weighted by Gasteiger charge is 2.21. The molecule has 1 aromatic carbocycles. The Hall–Kier alpha value is -1.31. The number of ether oxygens (including phenoxy) is 1. The van der Waals surface area contributed by atoms with Crippen LogP contribution in [-0.2, 0) is 4.74 Å². The van der Waals surface area contributed by atoms with E-state index in [1.807, 2.05) is 12.1 Å². The van der Waals surface area contributed by atoms with Crippen molar-refractivity contribution in [3.8, 4) is 0 Å². The average Bonchev–Trinajstić information content (AvgIpc) is 2.59. The molecule has 2 heteroatoms. The van der Waals surface area contributed by atoms with E-state index in [1.165, 1.54) is 37.7 Å². The van der Waals surface area contributed by atoms with E-state index in [2.05, 4.69) is 26.0 Å². The summed E-state index contributed by atoms with van der Waals surface area (Å²) in [6.45, 7) is 4.98. The van der Waals surface area contributed by atoms with E-state index in [1.54, 1.807) is 0 Å². The first-order valence-electron chi connectivity index (χ1n) is 9.01. The van der Waals surface area contributed by atoms with Crippen molar-refractivity contribution in [1.29, 1.82) is 0 Å². The number of hydrogen-bond donors (Lipinski definition) is 0. The minimum Gasteiger partial charge on any atom is -0.462 e. The van der Waals surface area contributed by atoms with Crippen molar-refractivity contribution in [1.82, 2.24) is 0 Å². The van der Waals surface area contributed by atoms with E-state index in [4.69, 9.17) is 4.74 Å². The highest BCUT2D eigenvalue weighted by molar-refractivity contribution is 5.89. The molecule has 22 heavy (non-hydrogen) atoms. The van der Waals surface area contributed by atoms with Gasteiger partial charge < -0.3 is 4.74 Å². The van der Waals surface area contributed by atoms with Crippen LogP contribution in [0.4, 0.5) is 0 Å². The van der Waals surface area contributed by atoms with Crippen molar-refractivity contribution in [2.75, 3.05) is 6.61 Å². The molecule has 0 radical (unpaired) electrons. The normalized spacial score (nSPS) is 21.5. The summed E-state index contributed by atoms with van der Waals surface area (Å²) in [6, 6.07) is 8.12. The van der Waals surface area contributed by atoms with Crippen LogP contribution in [0.3, 0.4) is 0 Å². The lowest BCUT2D eigenvalue weighted by Crippen LogP contribution is -2.13. The predicted molar refractivity (Wildman–Crippen MR) is 91.2 cm³/mol. The maximum Gasteiger partial charge on any atom is 0.338 e. The van der Waals surface area contributed by atoms with Crippen molar-refractivity contribution >= 4 is 5.97 Å². The Labute approximate surface area is 135 Å². The fourth-order valence-corrected chi connectivity index (χ4v) is 3.40. The molecule has 0 unspecified atom stereocenters. The highest BCUT2D eigenvalue weighted by atomic mass is 16.5. The smallest absolute Gasteiger partial charge is 0.338 e.